The Morgan fingerprint density at radius 1 is 1.05 bits per heavy atom. The standard InChI is InChI=1S/C17H16N4/c1-2-4-14(5-3-1)16-10-17-19-11-15(12-21(17)20-16)13-6-8-18-9-7-13/h1-10,15,19H,11-12H2. The van der Waals surface area contributed by atoms with Crippen molar-refractivity contribution in [2.24, 2.45) is 0 Å². The maximum atomic E-state index is 4.74. The molecule has 4 nitrogen and oxygen atoms in total. The lowest BCUT2D eigenvalue weighted by Gasteiger charge is -2.24. The minimum Gasteiger partial charge on any atom is -0.370 e. The van der Waals surface area contributed by atoms with Gasteiger partial charge in [-0.1, -0.05) is 30.3 Å². The van der Waals surface area contributed by atoms with Crippen molar-refractivity contribution in [3.63, 3.8) is 0 Å². The third-order valence-electron chi connectivity index (χ3n) is 3.95. The Morgan fingerprint density at radius 3 is 2.67 bits per heavy atom. The van der Waals surface area contributed by atoms with E-state index in [0.29, 0.717) is 5.92 Å². The molecule has 104 valence electrons. The Labute approximate surface area is 123 Å². The van der Waals surface area contributed by atoms with Crippen LogP contribution in [0.1, 0.15) is 11.5 Å². The van der Waals surface area contributed by atoms with Gasteiger partial charge in [0.15, 0.2) is 0 Å². The molecule has 0 fully saturated rings. The molecule has 4 heteroatoms. The fourth-order valence-electron chi connectivity index (χ4n) is 2.81. The fraction of sp³-hybridized carbons (Fsp3) is 0.176. The molecule has 0 saturated carbocycles. The van der Waals surface area contributed by atoms with Crippen LogP contribution in [-0.4, -0.2) is 21.3 Å². The number of pyridine rings is 1. The lowest BCUT2D eigenvalue weighted by molar-refractivity contribution is 0.506. The van der Waals surface area contributed by atoms with Gasteiger partial charge in [-0.15, -0.1) is 0 Å². The normalized spacial score (nSPS) is 17.0. The average Bonchev–Trinajstić information content (AvgIpc) is 2.99. The summed E-state index contributed by atoms with van der Waals surface area (Å²) >= 11 is 0. The topological polar surface area (TPSA) is 42.7 Å². The Kier molecular flexibility index (Phi) is 2.92. The Balaban J connectivity index is 1.63. The summed E-state index contributed by atoms with van der Waals surface area (Å²) in [5.41, 5.74) is 3.48. The monoisotopic (exact) mass is 276 g/mol. The molecule has 0 aliphatic carbocycles. The molecule has 4 rings (SSSR count). The molecule has 21 heavy (non-hydrogen) atoms. The van der Waals surface area contributed by atoms with Crippen LogP contribution in [0, 0.1) is 0 Å². The molecule has 1 atom stereocenters. The van der Waals surface area contributed by atoms with Gasteiger partial charge in [-0.05, 0) is 17.7 Å². The Morgan fingerprint density at radius 2 is 1.86 bits per heavy atom. The van der Waals surface area contributed by atoms with E-state index < -0.39 is 0 Å². The summed E-state index contributed by atoms with van der Waals surface area (Å²) < 4.78 is 2.07. The first kappa shape index (κ1) is 12.1. The van der Waals surface area contributed by atoms with Crippen LogP contribution in [0.4, 0.5) is 5.82 Å². The smallest absolute Gasteiger partial charge is 0.124 e. The van der Waals surface area contributed by atoms with E-state index in [4.69, 9.17) is 5.10 Å². The van der Waals surface area contributed by atoms with Crippen LogP contribution in [0.2, 0.25) is 0 Å². The molecule has 0 spiro atoms. The maximum Gasteiger partial charge on any atom is 0.124 e. The van der Waals surface area contributed by atoms with E-state index in [1.807, 2.05) is 30.6 Å². The molecule has 0 bridgehead atoms. The van der Waals surface area contributed by atoms with Gasteiger partial charge in [0.1, 0.15) is 5.82 Å². The lowest BCUT2D eigenvalue weighted by Crippen LogP contribution is -2.26. The largest absolute Gasteiger partial charge is 0.370 e. The van der Waals surface area contributed by atoms with Gasteiger partial charge in [0, 0.05) is 36.5 Å². The van der Waals surface area contributed by atoms with Crippen molar-refractivity contribution < 1.29 is 0 Å². The second-order valence-corrected chi connectivity index (χ2v) is 5.32. The second kappa shape index (κ2) is 5.05. The predicted molar refractivity (Wildman–Crippen MR) is 83.1 cm³/mol. The van der Waals surface area contributed by atoms with Crippen LogP contribution >= 0.6 is 0 Å². The van der Waals surface area contributed by atoms with E-state index in [-0.39, 0.29) is 0 Å². The van der Waals surface area contributed by atoms with Gasteiger partial charge in [-0.25, -0.2) is 4.68 Å². The SMILES string of the molecule is c1ccc(-c2cc3n(n2)CC(c2ccncc2)CN3)cc1. The molecule has 0 radical (unpaired) electrons. The van der Waals surface area contributed by atoms with Crippen LogP contribution in [0.5, 0.6) is 0 Å². The summed E-state index contributed by atoms with van der Waals surface area (Å²) in [6.45, 7) is 1.84. The molecule has 3 heterocycles. The van der Waals surface area contributed by atoms with Crippen molar-refractivity contribution in [1.29, 1.82) is 0 Å². The molecule has 0 amide bonds. The van der Waals surface area contributed by atoms with E-state index >= 15 is 0 Å². The zero-order valence-electron chi connectivity index (χ0n) is 11.6. The summed E-state index contributed by atoms with van der Waals surface area (Å²) in [5, 5.41) is 8.22. The number of hydrogen-bond acceptors (Lipinski definition) is 3. The molecule has 1 N–H and O–H groups in total. The van der Waals surface area contributed by atoms with Crippen LogP contribution in [0.15, 0.2) is 60.9 Å². The van der Waals surface area contributed by atoms with E-state index in [9.17, 15) is 0 Å². The van der Waals surface area contributed by atoms with Crippen LogP contribution < -0.4 is 5.32 Å². The number of hydrogen-bond donors (Lipinski definition) is 1. The third kappa shape index (κ3) is 2.29. The van der Waals surface area contributed by atoms with Crippen molar-refractivity contribution in [3.05, 3.63) is 66.5 Å². The van der Waals surface area contributed by atoms with Crippen molar-refractivity contribution in [3.8, 4) is 11.3 Å². The number of fused-ring (bicyclic) bond motifs is 1. The maximum absolute atomic E-state index is 4.74. The van der Waals surface area contributed by atoms with Crippen molar-refractivity contribution in [2.75, 3.05) is 11.9 Å². The summed E-state index contributed by atoms with van der Waals surface area (Å²) in [6.07, 6.45) is 3.70. The van der Waals surface area contributed by atoms with Gasteiger partial charge in [0.2, 0.25) is 0 Å². The highest BCUT2D eigenvalue weighted by atomic mass is 15.3. The van der Waals surface area contributed by atoms with E-state index in [1.165, 1.54) is 5.56 Å². The molecular formula is C17H16N4. The number of nitrogens with zero attached hydrogens (tertiary/aromatic N) is 3. The number of rotatable bonds is 2. The highest BCUT2D eigenvalue weighted by Gasteiger charge is 2.21. The summed E-state index contributed by atoms with van der Waals surface area (Å²) in [5.74, 6) is 1.53. The molecule has 2 aromatic heterocycles. The van der Waals surface area contributed by atoms with Crippen molar-refractivity contribution in [2.45, 2.75) is 12.5 Å². The quantitative estimate of drug-likeness (QED) is 0.782. The first-order chi connectivity index (χ1) is 10.4. The first-order valence-electron chi connectivity index (χ1n) is 7.17. The minimum absolute atomic E-state index is 0.434. The van der Waals surface area contributed by atoms with E-state index in [0.717, 1.165) is 30.2 Å². The van der Waals surface area contributed by atoms with Crippen LogP contribution in [0.25, 0.3) is 11.3 Å². The lowest BCUT2D eigenvalue weighted by atomic mass is 9.99. The molecule has 1 aromatic carbocycles. The van der Waals surface area contributed by atoms with Gasteiger partial charge < -0.3 is 5.32 Å². The minimum atomic E-state index is 0.434. The number of anilines is 1. The fourth-order valence-corrected chi connectivity index (χ4v) is 2.81. The summed E-state index contributed by atoms with van der Waals surface area (Å²) in [7, 11) is 0. The number of aromatic nitrogens is 3. The molecular weight excluding hydrogens is 260 g/mol. The molecule has 1 aliphatic rings. The molecule has 0 saturated heterocycles. The zero-order valence-corrected chi connectivity index (χ0v) is 11.6. The molecule has 1 aliphatic heterocycles. The Hall–Kier alpha value is -2.62. The Bertz CT molecular complexity index is 734. The molecule has 3 aromatic rings. The predicted octanol–water partition coefficient (Wildman–Crippen LogP) is 3.15. The number of benzene rings is 1. The first-order valence-corrected chi connectivity index (χ1v) is 7.17. The van der Waals surface area contributed by atoms with Crippen molar-refractivity contribution >= 4 is 5.82 Å². The van der Waals surface area contributed by atoms with Crippen molar-refractivity contribution in [1.82, 2.24) is 14.8 Å². The van der Waals surface area contributed by atoms with Crippen LogP contribution in [-0.2, 0) is 6.54 Å². The number of nitrogens with one attached hydrogen (secondary N) is 1. The highest BCUT2D eigenvalue weighted by Crippen LogP contribution is 2.28. The van der Waals surface area contributed by atoms with Crippen LogP contribution in [0.3, 0.4) is 0 Å². The van der Waals surface area contributed by atoms with Gasteiger partial charge in [0.25, 0.3) is 0 Å². The van der Waals surface area contributed by atoms with Gasteiger partial charge in [-0.2, -0.15) is 5.10 Å². The van der Waals surface area contributed by atoms with Gasteiger partial charge >= 0.3 is 0 Å². The van der Waals surface area contributed by atoms with E-state index in [2.05, 4.69) is 45.3 Å². The molecule has 1 unspecified atom stereocenters. The van der Waals surface area contributed by atoms with Gasteiger partial charge in [-0.3, -0.25) is 4.98 Å². The zero-order chi connectivity index (χ0) is 14.1. The highest BCUT2D eigenvalue weighted by molar-refractivity contribution is 5.63. The third-order valence-corrected chi connectivity index (χ3v) is 3.95. The average molecular weight is 276 g/mol. The summed E-state index contributed by atoms with van der Waals surface area (Å²) in [4.78, 5) is 4.09. The van der Waals surface area contributed by atoms with Gasteiger partial charge in [0.05, 0.1) is 12.2 Å². The van der Waals surface area contributed by atoms with E-state index in [1.54, 1.807) is 0 Å². The summed E-state index contributed by atoms with van der Waals surface area (Å²) in [6, 6.07) is 16.6. The second-order valence-electron chi connectivity index (χ2n) is 5.32.